The Morgan fingerprint density at radius 1 is 1.47 bits per heavy atom. The molecule has 2 atom stereocenters. The summed E-state index contributed by atoms with van der Waals surface area (Å²) in [5.41, 5.74) is 8.85. The molecule has 0 aliphatic rings. The lowest BCUT2D eigenvalue weighted by Gasteiger charge is -2.17. The molecule has 92 valence electrons. The molecule has 0 aliphatic carbocycles. The number of benzene rings is 1. The molecule has 6 heteroatoms. The van der Waals surface area contributed by atoms with Gasteiger partial charge in [0.2, 0.25) is 0 Å². The van der Waals surface area contributed by atoms with Crippen LogP contribution in [0.2, 0.25) is 0 Å². The Bertz CT molecular complexity index is 433. The van der Waals surface area contributed by atoms with E-state index in [1.165, 1.54) is 12.1 Å². The summed E-state index contributed by atoms with van der Waals surface area (Å²) in [5, 5.41) is 22.6. The van der Waals surface area contributed by atoms with Crippen molar-refractivity contribution in [1.82, 2.24) is 0 Å². The number of hydrogen-bond acceptors (Lipinski definition) is 3. The Balaban J connectivity index is 2.70. The van der Waals surface area contributed by atoms with Gasteiger partial charge in [-0.2, -0.15) is 0 Å². The third kappa shape index (κ3) is 3.71. The third-order valence-electron chi connectivity index (χ3n) is 2.49. The fraction of sp³-hybridized carbons (Fsp3) is 0.455. The van der Waals surface area contributed by atoms with Crippen LogP contribution in [0.4, 0.5) is 4.39 Å². The standard InChI is InChI=1S/C11H14FN3O2/c1-7-2-3-8(6-9(7)12)11(17)10(16)4-5-14-15-13/h2-3,6,10-11,16-17H,4-5H2,1H3. The lowest BCUT2D eigenvalue weighted by Crippen LogP contribution is -2.19. The number of aryl methyl sites for hydroxylation is 1. The Hall–Kier alpha value is -1.62. The first kappa shape index (κ1) is 13.4. The summed E-state index contributed by atoms with van der Waals surface area (Å²) in [6.45, 7) is 1.70. The van der Waals surface area contributed by atoms with Crippen LogP contribution < -0.4 is 0 Å². The van der Waals surface area contributed by atoms with Crippen molar-refractivity contribution in [3.05, 3.63) is 45.6 Å². The lowest BCUT2D eigenvalue weighted by atomic mass is 10.0. The van der Waals surface area contributed by atoms with Crippen LogP contribution in [0.3, 0.4) is 0 Å². The minimum absolute atomic E-state index is 0.0864. The zero-order valence-electron chi connectivity index (χ0n) is 9.41. The van der Waals surface area contributed by atoms with Gasteiger partial charge in [0, 0.05) is 11.5 Å². The van der Waals surface area contributed by atoms with Crippen LogP contribution in [-0.4, -0.2) is 22.9 Å². The van der Waals surface area contributed by atoms with Gasteiger partial charge in [-0.25, -0.2) is 4.39 Å². The van der Waals surface area contributed by atoms with E-state index >= 15 is 0 Å². The van der Waals surface area contributed by atoms with Crippen LogP contribution in [0.1, 0.15) is 23.7 Å². The fourth-order valence-corrected chi connectivity index (χ4v) is 1.41. The number of aliphatic hydroxyl groups is 2. The molecule has 5 nitrogen and oxygen atoms in total. The monoisotopic (exact) mass is 239 g/mol. The van der Waals surface area contributed by atoms with Crippen LogP contribution >= 0.6 is 0 Å². The van der Waals surface area contributed by atoms with Gasteiger partial charge in [0.15, 0.2) is 0 Å². The van der Waals surface area contributed by atoms with E-state index in [-0.39, 0.29) is 13.0 Å². The van der Waals surface area contributed by atoms with Gasteiger partial charge in [0.1, 0.15) is 11.9 Å². The van der Waals surface area contributed by atoms with Crippen LogP contribution in [0.5, 0.6) is 0 Å². The van der Waals surface area contributed by atoms with Gasteiger partial charge >= 0.3 is 0 Å². The van der Waals surface area contributed by atoms with Gasteiger partial charge in [-0.05, 0) is 36.1 Å². The second-order valence-electron chi connectivity index (χ2n) is 3.76. The van der Waals surface area contributed by atoms with E-state index in [2.05, 4.69) is 10.0 Å². The SMILES string of the molecule is Cc1ccc(C(O)C(O)CCN=[N+]=[N-])cc1F. The van der Waals surface area contributed by atoms with Gasteiger partial charge in [-0.1, -0.05) is 17.2 Å². The second-order valence-corrected chi connectivity index (χ2v) is 3.76. The summed E-state index contributed by atoms with van der Waals surface area (Å²) in [6, 6.07) is 4.28. The zero-order valence-corrected chi connectivity index (χ0v) is 9.41. The topological polar surface area (TPSA) is 89.2 Å². The quantitative estimate of drug-likeness (QED) is 0.468. The molecule has 2 N–H and O–H groups in total. The molecule has 0 radical (unpaired) electrons. The van der Waals surface area contributed by atoms with Crippen molar-refractivity contribution in [3.8, 4) is 0 Å². The van der Waals surface area contributed by atoms with E-state index in [0.717, 1.165) is 0 Å². The van der Waals surface area contributed by atoms with Crippen LogP contribution in [-0.2, 0) is 0 Å². The Morgan fingerprint density at radius 2 is 2.18 bits per heavy atom. The first-order chi connectivity index (χ1) is 8.06. The molecular weight excluding hydrogens is 225 g/mol. The molecule has 0 aliphatic heterocycles. The largest absolute Gasteiger partial charge is 0.390 e. The maximum absolute atomic E-state index is 13.3. The zero-order chi connectivity index (χ0) is 12.8. The number of halogens is 1. The second kappa shape index (κ2) is 6.20. The van der Waals surface area contributed by atoms with Crippen molar-refractivity contribution in [3.63, 3.8) is 0 Å². The molecule has 0 amide bonds. The van der Waals surface area contributed by atoms with E-state index < -0.39 is 18.0 Å². The van der Waals surface area contributed by atoms with Crippen LogP contribution in [0.15, 0.2) is 23.3 Å². The van der Waals surface area contributed by atoms with Gasteiger partial charge in [0.05, 0.1) is 6.10 Å². The predicted octanol–water partition coefficient (Wildman–Crippen LogP) is 2.23. The maximum Gasteiger partial charge on any atom is 0.126 e. The summed E-state index contributed by atoms with van der Waals surface area (Å²) < 4.78 is 13.3. The minimum Gasteiger partial charge on any atom is -0.390 e. The first-order valence-electron chi connectivity index (χ1n) is 5.19. The molecule has 0 spiro atoms. The Kier molecular flexibility index (Phi) is 4.90. The molecule has 0 fully saturated rings. The first-order valence-corrected chi connectivity index (χ1v) is 5.19. The number of nitrogens with zero attached hydrogens (tertiary/aromatic N) is 3. The number of azide groups is 1. The van der Waals surface area contributed by atoms with Crippen molar-refractivity contribution in [2.75, 3.05) is 6.54 Å². The summed E-state index contributed by atoms with van der Waals surface area (Å²) in [4.78, 5) is 2.54. The van der Waals surface area contributed by atoms with Crippen LogP contribution in [0.25, 0.3) is 10.4 Å². The molecule has 0 aromatic heterocycles. The summed E-state index contributed by atoms with van der Waals surface area (Å²) in [5.74, 6) is -0.427. The molecule has 1 aromatic rings. The molecule has 1 aromatic carbocycles. The van der Waals surface area contributed by atoms with Crippen molar-refractivity contribution in [1.29, 1.82) is 0 Å². The summed E-state index contributed by atoms with van der Waals surface area (Å²) in [6.07, 6.45) is -2.14. The molecule has 0 saturated heterocycles. The molecule has 2 unspecified atom stereocenters. The molecule has 0 bridgehead atoms. The van der Waals surface area contributed by atoms with Crippen LogP contribution in [0, 0.1) is 12.7 Å². The third-order valence-corrected chi connectivity index (χ3v) is 2.49. The molecule has 17 heavy (non-hydrogen) atoms. The minimum atomic E-state index is -1.18. The number of aliphatic hydroxyl groups excluding tert-OH is 2. The normalized spacial score (nSPS) is 13.9. The van der Waals surface area contributed by atoms with Crippen molar-refractivity contribution in [2.45, 2.75) is 25.6 Å². The molecule has 0 heterocycles. The number of rotatable bonds is 5. The Labute approximate surface area is 98.1 Å². The van der Waals surface area contributed by atoms with E-state index in [4.69, 9.17) is 5.53 Å². The van der Waals surface area contributed by atoms with Gasteiger partial charge in [0.25, 0.3) is 0 Å². The van der Waals surface area contributed by atoms with E-state index in [0.29, 0.717) is 11.1 Å². The molecule has 1 rings (SSSR count). The molecular formula is C11H14FN3O2. The van der Waals surface area contributed by atoms with Crippen molar-refractivity contribution >= 4 is 0 Å². The summed E-state index contributed by atoms with van der Waals surface area (Å²) in [7, 11) is 0. The predicted molar refractivity (Wildman–Crippen MR) is 60.7 cm³/mol. The molecule has 0 saturated carbocycles. The van der Waals surface area contributed by atoms with E-state index in [1.54, 1.807) is 13.0 Å². The van der Waals surface area contributed by atoms with Crippen molar-refractivity contribution in [2.24, 2.45) is 5.11 Å². The number of hydrogen-bond donors (Lipinski definition) is 2. The smallest absolute Gasteiger partial charge is 0.126 e. The average molecular weight is 239 g/mol. The highest BCUT2D eigenvalue weighted by molar-refractivity contribution is 5.25. The van der Waals surface area contributed by atoms with Gasteiger partial charge in [-0.3, -0.25) is 0 Å². The maximum atomic E-state index is 13.3. The summed E-state index contributed by atoms with van der Waals surface area (Å²) >= 11 is 0. The van der Waals surface area contributed by atoms with E-state index in [9.17, 15) is 14.6 Å². The van der Waals surface area contributed by atoms with Gasteiger partial charge < -0.3 is 10.2 Å². The van der Waals surface area contributed by atoms with E-state index in [1.807, 2.05) is 0 Å². The highest BCUT2D eigenvalue weighted by Gasteiger charge is 2.18. The lowest BCUT2D eigenvalue weighted by molar-refractivity contribution is 0.0149. The fourth-order valence-electron chi connectivity index (χ4n) is 1.41. The average Bonchev–Trinajstić information content (AvgIpc) is 2.32. The van der Waals surface area contributed by atoms with Gasteiger partial charge in [-0.15, -0.1) is 0 Å². The van der Waals surface area contributed by atoms with Crippen molar-refractivity contribution < 1.29 is 14.6 Å². The highest BCUT2D eigenvalue weighted by atomic mass is 19.1. The Morgan fingerprint density at radius 3 is 2.76 bits per heavy atom. The highest BCUT2D eigenvalue weighted by Crippen LogP contribution is 2.21.